The zero-order valence-corrected chi connectivity index (χ0v) is 32.8. The highest BCUT2D eigenvalue weighted by Gasteiger charge is 2.24. The molecule has 0 bridgehead atoms. The predicted molar refractivity (Wildman–Crippen MR) is 215 cm³/mol. The number of piperidine rings is 2. The molecular formula is C43H51BrN4O4S. The molecule has 0 atom stereocenters. The highest BCUT2D eigenvalue weighted by molar-refractivity contribution is 9.10. The van der Waals surface area contributed by atoms with Gasteiger partial charge in [-0.15, -0.1) is 0 Å². The Balaban J connectivity index is 1.10. The predicted octanol–water partition coefficient (Wildman–Crippen LogP) is 7.60. The van der Waals surface area contributed by atoms with Crippen molar-refractivity contribution in [2.75, 3.05) is 32.7 Å². The number of rotatable bonds is 14. The van der Waals surface area contributed by atoms with Crippen LogP contribution in [0.1, 0.15) is 72.0 Å². The highest BCUT2D eigenvalue weighted by Crippen LogP contribution is 2.28. The number of benzene rings is 4. The molecule has 0 aliphatic carbocycles. The number of nitrogens with one attached hydrogen (secondary N) is 1. The molecule has 0 radical (unpaired) electrons. The molecule has 53 heavy (non-hydrogen) atoms. The van der Waals surface area contributed by atoms with Crippen molar-refractivity contribution in [2.24, 2.45) is 17.0 Å². The van der Waals surface area contributed by atoms with E-state index in [0.717, 1.165) is 77.2 Å². The van der Waals surface area contributed by atoms with E-state index in [2.05, 4.69) is 27.3 Å². The lowest BCUT2D eigenvalue weighted by molar-refractivity contribution is -0.131. The number of hydrogen-bond acceptors (Lipinski definition) is 5. The molecule has 6 rings (SSSR count). The van der Waals surface area contributed by atoms with Crippen molar-refractivity contribution in [3.63, 3.8) is 0 Å². The highest BCUT2D eigenvalue weighted by atomic mass is 79.9. The number of likely N-dealkylation sites (tertiary alicyclic amines) is 1. The second-order valence-corrected chi connectivity index (χ2v) is 17.1. The maximum absolute atomic E-state index is 13.8. The number of hydrogen-bond donors (Lipinski definition) is 2. The fourth-order valence-corrected chi connectivity index (χ4v) is 8.63. The van der Waals surface area contributed by atoms with Gasteiger partial charge in [0.05, 0.1) is 11.3 Å². The fraction of sp³-hybridized carbons (Fsp3) is 0.395. The topological polar surface area (TPSA) is 113 Å². The third-order valence-corrected chi connectivity index (χ3v) is 12.6. The van der Waals surface area contributed by atoms with E-state index in [-0.39, 0.29) is 23.1 Å². The summed E-state index contributed by atoms with van der Waals surface area (Å²) in [5.74, 6) is 1.68. The summed E-state index contributed by atoms with van der Waals surface area (Å²) in [7, 11) is -3.78. The van der Waals surface area contributed by atoms with Gasteiger partial charge in [0, 0.05) is 36.2 Å². The number of halogens is 1. The third kappa shape index (κ3) is 11.1. The van der Waals surface area contributed by atoms with Crippen LogP contribution < -0.4 is 10.5 Å². The number of primary sulfonamides is 1. The van der Waals surface area contributed by atoms with E-state index in [1.54, 1.807) is 12.1 Å². The zero-order chi connectivity index (χ0) is 37.2. The standard InChI is InChI=1S/C43H51BrN4O4S/c44-41-13-2-1-9-38(41)30-42(49)48(27-22-34-14-16-40(17-15-34)53(45,51)52)31-35-8-4-10-36(28-35)37-11-5-12-39(29-37)43(50)47-25-20-33(21-26-47)7-3-6-32-18-23-46-24-19-32/h1-2,4-5,8-17,28-29,32-33,46H,3,6-7,18-27,30-31H2,(H2,45,51,52). The Morgan fingerprint density at radius 3 is 2.15 bits per heavy atom. The van der Waals surface area contributed by atoms with Gasteiger partial charge in [0.2, 0.25) is 15.9 Å². The Morgan fingerprint density at radius 1 is 0.792 bits per heavy atom. The van der Waals surface area contributed by atoms with Crippen LogP contribution in [-0.2, 0) is 34.2 Å². The number of nitrogens with zero attached hydrogens (tertiary/aromatic N) is 2. The van der Waals surface area contributed by atoms with Crippen molar-refractivity contribution in [1.82, 2.24) is 15.1 Å². The van der Waals surface area contributed by atoms with Gasteiger partial charge in [0.1, 0.15) is 0 Å². The van der Waals surface area contributed by atoms with Crippen LogP contribution in [0.3, 0.4) is 0 Å². The monoisotopic (exact) mass is 798 g/mol. The van der Waals surface area contributed by atoms with Gasteiger partial charge in [-0.3, -0.25) is 9.59 Å². The van der Waals surface area contributed by atoms with E-state index >= 15 is 0 Å². The van der Waals surface area contributed by atoms with Crippen LogP contribution in [-0.4, -0.2) is 62.8 Å². The van der Waals surface area contributed by atoms with Crippen LogP contribution in [0.15, 0.2) is 106 Å². The molecule has 2 heterocycles. The minimum absolute atomic E-state index is 0.0124. The van der Waals surface area contributed by atoms with Gasteiger partial charge in [-0.05, 0) is 121 Å². The van der Waals surface area contributed by atoms with Gasteiger partial charge >= 0.3 is 0 Å². The van der Waals surface area contributed by atoms with Crippen molar-refractivity contribution in [2.45, 2.75) is 69.2 Å². The van der Waals surface area contributed by atoms with Crippen molar-refractivity contribution in [3.05, 3.63) is 124 Å². The Kier molecular flexibility index (Phi) is 13.6. The molecule has 4 aromatic rings. The SMILES string of the molecule is NS(=O)(=O)c1ccc(CCN(Cc2cccc(-c3cccc(C(=O)N4CCC(CCCC5CCNCC5)CC4)c3)c2)C(=O)Cc2ccccc2Br)cc1. The van der Waals surface area contributed by atoms with Crippen LogP contribution in [0.4, 0.5) is 0 Å². The molecule has 8 nitrogen and oxygen atoms in total. The van der Waals surface area contributed by atoms with E-state index in [1.165, 1.54) is 44.2 Å². The summed E-state index contributed by atoms with van der Waals surface area (Å²) in [5.41, 5.74) is 5.45. The lowest BCUT2D eigenvalue weighted by atomic mass is 9.87. The second-order valence-electron chi connectivity index (χ2n) is 14.7. The molecule has 280 valence electrons. The van der Waals surface area contributed by atoms with Gasteiger partial charge in [-0.2, -0.15) is 0 Å². The number of sulfonamides is 1. The first-order chi connectivity index (χ1) is 25.6. The Hall–Kier alpha value is -3.83. The van der Waals surface area contributed by atoms with E-state index in [1.807, 2.05) is 76.5 Å². The number of carbonyl (C=O) groups is 2. The van der Waals surface area contributed by atoms with Gasteiger partial charge in [-0.25, -0.2) is 13.6 Å². The fourth-order valence-electron chi connectivity index (χ4n) is 7.69. The maximum Gasteiger partial charge on any atom is 0.253 e. The van der Waals surface area contributed by atoms with Crippen LogP contribution in [0.5, 0.6) is 0 Å². The molecule has 2 aliphatic rings. The first-order valence-corrected chi connectivity index (χ1v) is 21.3. The van der Waals surface area contributed by atoms with Crippen LogP contribution in [0, 0.1) is 11.8 Å². The summed E-state index contributed by atoms with van der Waals surface area (Å²) in [4.78, 5) is 31.4. The van der Waals surface area contributed by atoms with Crippen molar-refractivity contribution >= 4 is 37.8 Å². The van der Waals surface area contributed by atoms with Crippen molar-refractivity contribution in [3.8, 4) is 11.1 Å². The molecule has 10 heteroatoms. The second kappa shape index (κ2) is 18.5. The summed E-state index contributed by atoms with van der Waals surface area (Å²) in [6.07, 6.45) is 9.49. The molecule has 2 fully saturated rings. The quantitative estimate of drug-likeness (QED) is 0.137. The molecule has 2 aliphatic heterocycles. The van der Waals surface area contributed by atoms with Crippen molar-refractivity contribution in [1.29, 1.82) is 0 Å². The largest absolute Gasteiger partial charge is 0.339 e. The molecule has 0 saturated carbocycles. The minimum Gasteiger partial charge on any atom is -0.339 e. The van der Waals surface area contributed by atoms with Crippen LogP contribution in [0.25, 0.3) is 11.1 Å². The number of amides is 2. The minimum atomic E-state index is -3.78. The van der Waals surface area contributed by atoms with Crippen molar-refractivity contribution < 1.29 is 18.0 Å². The van der Waals surface area contributed by atoms with Crippen LogP contribution >= 0.6 is 15.9 Å². The first kappa shape index (κ1) is 38.9. The Bertz CT molecular complexity index is 1960. The summed E-state index contributed by atoms with van der Waals surface area (Å²) >= 11 is 3.58. The summed E-state index contributed by atoms with van der Waals surface area (Å²) in [6.45, 7) is 4.80. The smallest absolute Gasteiger partial charge is 0.253 e. The first-order valence-electron chi connectivity index (χ1n) is 18.9. The Labute approximate surface area is 323 Å². The van der Waals surface area contributed by atoms with E-state index in [0.29, 0.717) is 31.0 Å². The van der Waals surface area contributed by atoms with Gasteiger partial charge in [0.25, 0.3) is 5.91 Å². The number of nitrogens with two attached hydrogens (primary N) is 1. The maximum atomic E-state index is 13.8. The van der Waals surface area contributed by atoms with E-state index < -0.39 is 10.0 Å². The average molecular weight is 800 g/mol. The Morgan fingerprint density at radius 2 is 1.45 bits per heavy atom. The average Bonchev–Trinajstić information content (AvgIpc) is 3.18. The lowest BCUT2D eigenvalue weighted by Gasteiger charge is -2.32. The van der Waals surface area contributed by atoms with Gasteiger partial charge in [0.15, 0.2) is 0 Å². The van der Waals surface area contributed by atoms with E-state index in [9.17, 15) is 18.0 Å². The summed E-state index contributed by atoms with van der Waals surface area (Å²) < 4.78 is 24.4. The van der Waals surface area contributed by atoms with E-state index in [4.69, 9.17) is 5.14 Å². The number of carbonyl (C=O) groups excluding carboxylic acids is 2. The summed E-state index contributed by atoms with van der Waals surface area (Å²) in [5, 5.41) is 8.75. The molecule has 0 aromatic heterocycles. The molecule has 2 amide bonds. The normalized spacial score (nSPS) is 15.7. The molecule has 4 aromatic carbocycles. The van der Waals surface area contributed by atoms with Gasteiger partial charge in [-0.1, -0.05) is 95.9 Å². The zero-order valence-electron chi connectivity index (χ0n) is 30.4. The third-order valence-electron chi connectivity index (χ3n) is 10.9. The molecular weight excluding hydrogens is 748 g/mol. The van der Waals surface area contributed by atoms with Gasteiger partial charge < -0.3 is 15.1 Å². The molecule has 2 saturated heterocycles. The van der Waals surface area contributed by atoms with Crippen LogP contribution in [0.2, 0.25) is 0 Å². The lowest BCUT2D eigenvalue weighted by Crippen LogP contribution is -2.38. The summed E-state index contributed by atoms with van der Waals surface area (Å²) in [6, 6.07) is 30.3. The molecule has 0 unspecified atom stereocenters. The molecule has 3 N–H and O–H groups in total. The molecule has 0 spiro atoms.